The molecule has 0 radical (unpaired) electrons. The van der Waals surface area contributed by atoms with Gasteiger partial charge >= 0.3 is 0 Å². The smallest absolute Gasteiger partial charge is 0.253 e. The van der Waals surface area contributed by atoms with Gasteiger partial charge in [0.2, 0.25) is 9.84 Å². The fourth-order valence-electron chi connectivity index (χ4n) is 3.26. The molecule has 0 saturated heterocycles. The number of sulfone groups is 1. The van der Waals surface area contributed by atoms with Crippen LogP contribution in [-0.2, 0) is 16.4 Å². The first-order valence-corrected chi connectivity index (χ1v) is 10.8. The van der Waals surface area contributed by atoms with Crippen LogP contribution in [0.4, 0.5) is 0 Å². The number of H-pyrrole nitrogens is 1. The van der Waals surface area contributed by atoms with Crippen molar-refractivity contribution in [3.63, 3.8) is 0 Å². The fraction of sp³-hybridized carbons (Fsp3) is 0.136. The molecular formula is C22H20N4O3S. The van der Waals surface area contributed by atoms with E-state index in [0.29, 0.717) is 16.1 Å². The lowest BCUT2D eigenvalue weighted by atomic mass is 10.2. The Morgan fingerprint density at radius 2 is 1.80 bits per heavy atom. The van der Waals surface area contributed by atoms with Crippen LogP contribution in [0.15, 0.2) is 70.7 Å². The Labute approximate surface area is 174 Å². The van der Waals surface area contributed by atoms with Crippen LogP contribution in [0.1, 0.15) is 27.0 Å². The van der Waals surface area contributed by atoms with E-state index in [2.05, 4.69) is 20.5 Å². The van der Waals surface area contributed by atoms with Crippen molar-refractivity contribution in [2.24, 2.45) is 0 Å². The van der Waals surface area contributed by atoms with Crippen molar-refractivity contribution in [2.45, 2.75) is 30.2 Å². The molecule has 152 valence electrons. The van der Waals surface area contributed by atoms with Gasteiger partial charge in [-0.3, -0.25) is 9.89 Å². The molecule has 2 N–H and O–H groups in total. The van der Waals surface area contributed by atoms with Gasteiger partial charge in [0.1, 0.15) is 0 Å². The second-order valence-corrected chi connectivity index (χ2v) is 9.05. The Hall–Kier alpha value is -3.52. The number of pyridine rings is 1. The van der Waals surface area contributed by atoms with Crippen molar-refractivity contribution in [2.75, 3.05) is 0 Å². The minimum atomic E-state index is -3.60. The van der Waals surface area contributed by atoms with E-state index >= 15 is 0 Å². The van der Waals surface area contributed by atoms with E-state index < -0.39 is 9.84 Å². The zero-order valence-electron chi connectivity index (χ0n) is 16.5. The number of carbonyl (C=O) groups is 1. The van der Waals surface area contributed by atoms with Gasteiger partial charge in [-0.05, 0) is 49.2 Å². The summed E-state index contributed by atoms with van der Waals surface area (Å²) in [5.74, 6) is -0.266. The van der Waals surface area contributed by atoms with Crippen LogP contribution in [0.2, 0.25) is 0 Å². The Bertz CT molecular complexity index is 1340. The van der Waals surface area contributed by atoms with Gasteiger partial charge < -0.3 is 5.32 Å². The summed E-state index contributed by atoms with van der Waals surface area (Å²) < 4.78 is 25.9. The Balaban J connectivity index is 1.47. The molecule has 0 aliphatic heterocycles. The Morgan fingerprint density at radius 3 is 2.53 bits per heavy atom. The van der Waals surface area contributed by atoms with E-state index in [1.165, 1.54) is 6.20 Å². The van der Waals surface area contributed by atoms with Gasteiger partial charge in [-0.25, -0.2) is 13.4 Å². The predicted molar refractivity (Wildman–Crippen MR) is 113 cm³/mol. The highest BCUT2D eigenvalue weighted by molar-refractivity contribution is 7.91. The maximum atomic E-state index is 12.9. The van der Waals surface area contributed by atoms with Crippen molar-refractivity contribution < 1.29 is 13.2 Å². The van der Waals surface area contributed by atoms with Gasteiger partial charge in [-0.15, -0.1) is 0 Å². The minimum absolute atomic E-state index is 0.221. The van der Waals surface area contributed by atoms with Gasteiger partial charge in [0.25, 0.3) is 5.91 Å². The van der Waals surface area contributed by atoms with Crippen molar-refractivity contribution in [1.29, 1.82) is 0 Å². The molecular weight excluding hydrogens is 400 g/mol. The third kappa shape index (κ3) is 3.81. The molecule has 0 saturated carbocycles. The zero-order chi connectivity index (χ0) is 21.3. The SMILES string of the molecule is Cc1ccc(S(=O)(=O)c2ccc(CNC(=O)c3cnc4[nH]ncc4c3)cc2)c(C)c1. The number of hydrogen-bond donors (Lipinski definition) is 2. The summed E-state index contributed by atoms with van der Waals surface area (Å²) in [7, 11) is -3.60. The molecule has 2 aromatic heterocycles. The summed E-state index contributed by atoms with van der Waals surface area (Å²) in [6.07, 6.45) is 3.09. The first-order valence-electron chi connectivity index (χ1n) is 9.33. The van der Waals surface area contributed by atoms with Crippen molar-refractivity contribution in [1.82, 2.24) is 20.5 Å². The zero-order valence-corrected chi connectivity index (χ0v) is 17.3. The second kappa shape index (κ2) is 7.72. The van der Waals surface area contributed by atoms with E-state index in [9.17, 15) is 13.2 Å². The van der Waals surface area contributed by atoms with E-state index in [0.717, 1.165) is 22.1 Å². The summed E-state index contributed by atoms with van der Waals surface area (Å²) in [6, 6.07) is 13.5. The average Bonchev–Trinajstić information content (AvgIpc) is 3.20. The normalized spacial score (nSPS) is 11.5. The number of carbonyl (C=O) groups excluding carboxylic acids is 1. The van der Waals surface area contributed by atoms with Crippen LogP contribution >= 0.6 is 0 Å². The number of fused-ring (bicyclic) bond motifs is 1. The van der Waals surface area contributed by atoms with Gasteiger partial charge in [0.05, 0.1) is 21.6 Å². The number of rotatable bonds is 5. The number of aromatic nitrogens is 3. The molecule has 4 rings (SSSR count). The van der Waals surface area contributed by atoms with E-state index in [1.807, 2.05) is 13.0 Å². The molecule has 7 nitrogen and oxygen atoms in total. The highest BCUT2D eigenvalue weighted by atomic mass is 32.2. The largest absolute Gasteiger partial charge is 0.348 e. The lowest BCUT2D eigenvalue weighted by Gasteiger charge is -2.10. The lowest BCUT2D eigenvalue weighted by Crippen LogP contribution is -2.22. The maximum absolute atomic E-state index is 12.9. The molecule has 1 amide bonds. The molecule has 0 fully saturated rings. The number of nitrogens with one attached hydrogen (secondary N) is 2. The van der Waals surface area contributed by atoms with E-state index in [1.54, 1.807) is 55.6 Å². The molecule has 4 aromatic rings. The highest BCUT2D eigenvalue weighted by Crippen LogP contribution is 2.25. The number of aryl methyl sites for hydroxylation is 2. The molecule has 0 aliphatic carbocycles. The standard InChI is InChI=1S/C22H20N4O3S/c1-14-3-8-20(15(2)9-14)30(28,29)19-6-4-16(5-7-19)11-24-22(27)18-10-17-13-25-26-21(17)23-12-18/h3-10,12-13H,11H2,1-2H3,(H,24,27)(H,23,25,26). The summed E-state index contributed by atoms with van der Waals surface area (Å²) in [5.41, 5.74) is 3.57. The Morgan fingerprint density at radius 1 is 1.03 bits per heavy atom. The van der Waals surface area contributed by atoms with Crippen molar-refractivity contribution in [3.05, 3.63) is 83.2 Å². The maximum Gasteiger partial charge on any atom is 0.253 e. The van der Waals surface area contributed by atoms with Gasteiger partial charge in [-0.2, -0.15) is 5.10 Å². The van der Waals surface area contributed by atoms with Crippen LogP contribution in [0, 0.1) is 13.8 Å². The van der Waals surface area contributed by atoms with Crippen LogP contribution in [0.3, 0.4) is 0 Å². The molecule has 2 aromatic carbocycles. The lowest BCUT2D eigenvalue weighted by molar-refractivity contribution is 0.0950. The second-order valence-electron chi connectivity index (χ2n) is 7.13. The third-order valence-corrected chi connectivity index (χ3v) is 6.79. The first kappa shape index (κ1) is 19.8. The van der Waals surface area contributed by atoms with Gasteiger partial charge in [-0.1, -0.05) is 29.8 Å². The molecule has 2 heterocycles. The quantitative estimate of drug-likeness (QED) is 0.515. The molecule has 0 unspecified atom stereocenters. The van der Waals surface area contributed by atoms with Crippen LogP contribution in [0.25, 0.3) is 11.0 Å². The molecule has 0 bridgehead atoms. The van der Waals surface area contributed by atoms with Crippen molar-refractivity contribution in [3.8, 4) is 0 Å². The molecule has 8 heteroatoms. The van der Waals surface area contributed by atoms with Crippen LogP contribution < -0.4 is 5.32 Å². The topological polar surface area (TPSA) is 105 Å². The third-order valence-electron chi connectivity index (χ3n) is 4.86. The van der Waals surface area contributed by atoms with E-state index in [4.69, 9.17) is 0 Å². The summed E-state index contributed by atoms with van der Waals surface area (Å²) in [5, 5.41) is 10.2. The molecule has 0 spiro atoms. The molecule has 0 aliphatic rings. The van der Waals surface area contributed by atoms with Crippen molar-refractivity contribution >= 4 is 26.8 Å². The highest BCUT2D eigenvalue weighted by Gasteiger charge is 2.19. The summed E-state index contributed by atoms with van der Waals surface area (Å²) in [6.45, 7) is 3.99. The number of nitrogens with zero attached hydrogens (tertiary/aromatic N) is 2. The Kier molecular flexibility index (Phi) is 5.09. The minimum Gasteiger partial charge on any atom is -0.348 e. The van der Waals surface area contributed by atoms with Gasteiger partial charge in [0.15, 0.2) is 5.65 Å². The number of aromatic amines is 1. The average molecular weight is 420 g/mol. The van der Waals surface area contributed by atoms with E-state index in [-0.39, 0.29) is 17.3 Å². The number of amides is 1. The summed E-state index contributed by atoms with van der Waals surface area (Å²) in [4.78, 5) is 17.1. The van der Waals surface area contributed by atoms with Gasteiger partial charge in [0, 0.05) is 18.1 Å². The monoisotopic (exact) mass is 420 g/mol. The summed E-state index contributed by atoms with van der Waals surface area (Å²) >= 11 is 0. The molecule has 30 heavy (non-hydrogen) atoms. The predicted octanol–water partition coefficient (Wildman–Crippen LogP) is 3.34. The fourth-order valence-corrected chi connectivity index (χ4v) is 4.74. The number of hydrogen-bond acceptors (Lipinski definition) is 5. The first-order chi connectivity index (χ1) is 14.3. The molecule has 0 atom stereocenters. The van der Waals surface area contributed by atoms with Crippen LogP contribution in [0.5, 0.6) is 0 Å². The van der Waals surface area contributed by atoms with Crippen LogP contribution in [-0.4, -0.2) is 29.5 Å². The number of benzene rings is 2.